The molecule has 5 heteroatoms. The molecule has 0 heterocycles. The Morgan fingerprint density at radius 1 is 0.941 bits per heavy atom. The second-order valence-electron chi connectivity index (χ2n) is 3.20. The molecule has 1 aromatic rings. The highest BCUT2D eigenvalue weighted by molar-refractivity contribution is 5.51. The molecular weight excluding hydrogens is 224 g/mol. The Bertz CT molecular complexity index is 313. The molecule has 17 heavy (non-hydrogen) atoms. The molecule has 0 radical (unpaired) electrons. The van der Waals surface area contributed by atoms with Gasteiger partial charge in [-0.2, -0.15) is 0 Å². The second-order valence-corrected chi connectivity index (χ2v) is 3.20. The quantitative estimate of drug-likeness (QED) is 0.681. The van der Waals surface area contributed by atoms with Crippen LogP contribution in [0.4, 0.5) is 0 Å². The van der Waals surface area contributed by atoms with Gasteiger partial charge in [-0.05, 0) is 12.1 Å². The summed E-state index contributed by atoms with van der Waals surface area (Å²) in [5.41, 5.74) is 0. The maximum atomic E-state index is 5.59. The van der Waals surface area contributed by atoms with Crippen molar-refractivity contribution in [1.82, 2.24) is 0 Å². The van der Waals surface area contributed by atoms with Gasteiger partial charge in [-0.25, -0.2) is 0 Å². The monoisotopic (exact) mass is 242 g/mol. The molecule has 0 aliphatic carbocycles. The molecule has 1 aromatic carbocycles. The smallest absolute Gasteiger partial charge is 0.203 e. The summed E-state index contributed by atoms with van der Waals surface area (Å²) in [7, 11) is 6.26. The van der Waals surface area contributed by atoms with Crippen molar-refractivity contribution in [3.8, 4) is 17.2 Å². The molecule has 0 fully saturated rings. The van der Waals surface area contributed by atoms with E-state index in [4.69, 9.17) is 23.7 Å². The Balaban J connectivity index is 2.80. The zero-order valence-electron chi connectivity index (χ0n) is 10.6. The minimum Gasteiger partial charge on any atom is -0.493 e. The van der Waals surface area contributed by atoms with Crippen molar-refractivity contribution >= 4 is 0 Å². The van der Waals surface area contributed by atoms with Gasteiger partial charge < -0.3 is 23.7 Å². The van der Waals surface area contributed by atoms with Crippen LogP contribution in [0, 0.1) is 0 Å². The lowest BCUT2D eigenvalue weighted by molar-refractivity contribution is -0.122. The number of hydrogen-bond acceptors (Lipinski definition) is 5. The Morgan fingerprint density at radius 3 is 1.88 bits per heavy atom. The lowest BCUT2D eigenvalue weighted by Gasteiger charge is -2.17. The van der Waals surface area contributed by atoms with Crippen LogP contribution < -0.4 is 14.2 Å². The molecule has 0 spiro atoms. The Morgan fingerprint density at radius 2 is 1.47 bits per heavy atom. The van der Waals surface area contributed by atoms with Crippen molar-refractivity contribution in [3.05, 3.63) is 18.2 Å². The van der Waals surface area contributed by atoms with E-state index in [9.17, 15) is 0 Å². The van der Waals surface area contributed by atoms with Crippen LogP contribution in [-0.4, -0.2) is 41.3 Å². The number of benzene rings is 1. The van der Waals surface area contributed by atoms with Gasteiger partial charge in [-0.1, -0.05) is 6.07 Å². The average Bonchev–Trinajstić information content (AvgIpc) is 2.39. The first-order valence-corrected chi connectivity index (χ1v) is 5.16. The van der Waals surface area contributed by atoms with Gasteiger partial charge in [0.2, 0.25) is 5.75 Å². The van der Waals surface area contributed by atoms with E-state index in [1.165, 1.54) is 0 Å². The molecule has 0 aliphatic rings. The zero-order chi connectivity index (χ0) is 12.7. The van der Waals surface area contributed by atoms with Crippen LogP contribution in [0.5, 0.6) is 17.2 Å². The van der Waals surface area contributed by atoms with Gasteiger partial charge in [-0.3, -0.25) is 0 Å². The SMILES string of the molecule is COc1cccc(OC)c1OCC(OC)OC. The average molecular weight is 242 g/mol. The second kappa shape index (κ2) is 6.98. The van der Waals surface area contributed by atoms with E-state index in [-0.39, 0.29) is 6.61 Å². The molecule has 0 N–H and O–H groups in total. The maximum absolute atomic E-state index is 5.59. The van der Waals surface area contributed by atoms with Crippen molar-refractivity contribution < 1.29 is 23.7 Å². The summed E-state index contributed by atoms with van der Waals surface area (Å²) in [6.07, 6.45) is -0.426. The van der Waals surface area contributed by atoms with E-state index in [1.54, 1.807) is 40.6 Å². The van der Waals surface area contributed by atoms with E-state index in [0.717, 1.165) is 0 Å². The van der Waals surface area contributed by atoms with Gasteiger partial charge in [0.05, 0.1) is 14.2 Å². The van der Waals surface area contributed by atoms with Crippen LogP contribution in [0.3, 0.4) is 0 Å². The molecular formula is C12H18O5. The Labute approximate surface area is 101 Å². The summed E-state index contributed by atoms with van der Waals surface area (Å²) in [6.45, 7) is 0.254. The highest BCUT2D eigenvalue weighted by Gasteiger charge is 2.14. The third kappa shape index (κ3) is 3.51. The first-order chi connectivity index (χ1) is 8.26. The number of ether oxygens (including phenoxy) is 5. The van der Waals surface area contributed by atoms with Gasteiger partial charge in [0.15, 0.2) is 17.8 Å². The highest BCUT2D eigenvalue weighted by atomic mass is 16.7. The molecule has 0 bridgehead atoms. The number of hydrogen-bond donors (Lipinski definition) is 0. The van der Waals surface area contributed by atoms with Crippen molar-refractivity contribution in [2.45, 2.75) is 6.29 Å². The highest BCUT2D eigenvalue weighted by Crippen LogP contribution is 2.36. The van der Waals surface area contributed by atoms with Crippen LogP contribution in [0.25, 0.3) is 0 Å². The molecule has 5 nitrogen and oxygen atoms in total. The molecule has 96 valence electrons. The van der Waals surface area contributed by atoms with Crippen molar-refractivity contribution in [2.24, 2.45) is 0 Å². The minimum absolute atomic E-state index is 0.254. The summed E-state index contributed by atoms with van der Waals surface area (Å²) in [5, 5.41) is 0. The molecule has 0 saturated heterocycles. The van der Waals surface area contributed by atoms with Gasteiger partial charge >= 0.3 is 0 Å². The normalized spacial score (nSPS) is 10.4. The summed E-state index contributed by atoms with van der Waals surface area (Å²) in [4.78, 5) is 0. The summed E-state index contributed by atoms with van der Waals surface area (Å²) in [6, 6.07) is 5.42. The lowest BCUT2D eigenvalue weighted by Crippen LogP contribution is -2.22. The van der Waals surface area contributed by atoms with Crippen LogP contribution in [0.15, 0.2) is 18.2 Å². The van der Waals surface area contributed by atoms with Crippen molar-refractivity contribution in [2.75, 3.05) is 35.0 Å². The predicted molar refractivity (Wildman–Crippen MR) is 62.8 cm³/mol. The van der Waals surface area contributed by atoms with Gasteiger partial charge in [0.25, 0.3) is 0 Å². The molecule has 0 saturated carbocycles. The van der Waals surface area contributed by atoms with E-state index >= 15 is 0 Å². The molecule has 0 atom stereocenters. The largest absolute Gasteiger partial charge is 0.493 e. The number of rotatable bonds is 7. The maximum Gasteiger partial charge on any atom is 0.203 e. The first-order valence-electron chi connectivity index (χ1n) is 5.16. The molecule has 0 aliphatic heterocycles. The van der Waals surface area contributed by atoms with E-state index in [0.29, 0.717) is 17.2 Å². The lowest BCUT2D eigenvalue weighted by atomic mass is 10.3. The third-order valence-electron chi connectivity index (χ3n) is 2.27. The van der Waals surface area contributed by atoms with Gasteiger partial charge in [0, 0.05) is 14.2 Å². The van der Waals surface area contributed by atoms with E-state index < -0.39 is 6.29 Å². The van der Waals surface area contributed by atoms with E-state index in [1.807, 2.05) is 6.07 Å². The van der Waals surface area contributed by atoms with Gasteiger partial charge in [-0.15, -0.1) is 0 Å². The number of para-hydroxylation sites is 1. The summed E-state index contributed by atoms with van der Waals surface area (Å²) in [5.74, 6) is 1.75. The summed E-state index contributed by atoms with van der Waals surface area (Å²) < 4.78 is 26.1. The van der Waals surface area contributed by atoms with Crippen LogP contribution >= 0.6 is 0 Å². The standard InChI is InChI=1S/C12H18O5/c1-13-9-6-5-7-10(14-2)12(9)17-8-11(15-3)16-4/h5-7,11H,8H2,1-4H3. The molecule has 1 rings (SSSR count). The van der Waals surface area contributed by atoms with Crippen molar-refractivity contribution in [1.29, 1.82) is 0 Å². The fraction of sp³-hybridized carbons (Fsp3) is 0.500. The van der Waals surface area contributed by atoms with E-state index in [2.05, 4.69) is 0 Å². The Hall–Kier alpha value is -1.46. The zero-order valence-corrected chi connectivity index (χ0v) is 10.6. The fourth-order valence-corrected chi connectivity index (χ4v) is 1.34. The van der Waals surface area contributed by atoms with Gasteiger partial charge in [0.1, 0.15) is 6.61 Å². The van der Waals surface area contributed by atoms with Crippen LogP contribution in [0.2, 0.25) is 0 Å². The third-order valence-corrected chi connectivity index (χ3v) is 2.27. The van der Waals surface area contributed by atoms with Crippen LogP contribution in [-0.2, 0) is 9.47 Å². The number of methoxy groups -OCH3 is 4. The topological polar surface area (TPSA) is 46.2 Å². The van der Waals surface area contributed by atoms with Crippen molar-refractivity contribution in [3.63, 3.8) is 0 Å². The molecule has 0 amide bonds. The fourth-order valence-electron chi connectivity index (χ4n) is 1.34. The predicted octanol–water partition coefficient (Wildman–Crippen LogP) is 1.70. The summed E-state index contributed by atoms with van der Waals surface area (Å²) >= 11 is 0. The molecule has 0 aromatic heterocycles. The minimum atomic E-state index is -0.426. The van der Waals surface area contributed by atoms with Crippen LogP contribution in [0.1, 0.15) is 0 Å². The first kappa shape index (κ1) is 13.6. The Kier molecular flexibility index (Phi) is 5.59. The molecule has 0 unspecified atom stereocenters.